The average molecular weight is 334 g/mol. The van der Waals surface area contributed by atoms with Crippen molar-refractivity contribution in [1.29, 1.82) is 0 Å². The topological polar surface area (TPSA) is 52.2 Å². The number of rotatable bonds is 3. The Kier molecular flexibility index (Phi) is 4.01. The van der Waals surface area contributed by atoms with E-state index in [1.54, 1.807) is 4.90 Å². The third-order valence-electron chi connectivity index (χ3n) is 5.12. The van der Waals surface area contributed by atoms with Gasteiger partial charge in [-0.2, -0.15) is 5.10 Å². The number of hydrogen-bond donors (Lipinski definition) is 1. The highest BCUT2D eigenvalue weighted by Crippen LogP contribution is 2.23. The molecule has 0 bridgehead atoms. The highest BCUT2D eigenvalue weighted by atomic mass is 16.2. The van der Waals surface area contributed by atoms with Gasteiger partial charge in [-0.25, -0.2) is 0 Å². The number of carbonyl (C=O) groups excluding carboxylic acids is 1. The molecule has 1 aromatic heterocycles. The largest absolute Gasteiger partial charge is 0.339 e. The molecule has 0 fully saturated rings. The van der Waals surface area contributed by atoms with Crippen LogP contribution in [-0.4, -0.2) is 52.6 Å². The maximum absolute atomic E-state index is 12.9. The summed E-state index contributed by atoms with van der Waals surface area (Å²) in [5.74, 6) is -0.0373. The fraction of sp³-hybridized carbons (Fsp3) is 0.300. The number of hydrogen-bond acceptors (Lipinski definition) is 3. The molecule has 0 spiro atoms. The lowest BCUT2D eigenvalue weighted by atomic mass is 9.94. The smallest absolute Gasteiger partial charge is 0.274 e. The van der Waals surface area contributed by atoms with Crippen LogP contribution in [-0.2, 0) is 13.0 Å². The highest BCUT2D eigenvalue weighted by Gasteiger charge is 2.27. The number of aromatic amines is 1. The predicted octanol–water partition coefficient (Wildman–Crippen LogP) is 2.69. The summed E-state index contributed by atoms with van der Waals surface area (Å²) in [6, 6.07) is 16.6. The van der Waals surface area contributed by atoms with Crippen molar-refractivity contribution >= 4 is 16.8 Å². The van der Waals surface area contributed by atoms with Crippen molar-refractivity contribution in [2.75, 3.05) is 20.6 Å². The summed E-state index contributed by atoms with van der Waals surface area (Å²) in [7, 11) is 3.99. The first-order chi connectivity index (χ1) is 12.1. The number of nitrogens with one attached hydrogen (secondary N) is 1. The van der Waals surface area contributed by atoms with E-state index in [4.69, 9.17) is 0 Å². The number of para-hydroxylation sites is 1. The Morgan fingerprint density at radius 1 is 1.20 bits per heavy atom. The van der Waals surface area contributed by atoms with Crippen LogP contribution in [0.3, 0.4) is 0 Å². The second kappa shape index (κ2) is 6.33. The third-order valence-corrected chi connectivity index (χ3v) is 5.12. The van der Waals surface area contributed by atoms with Crippen LogP contribution >= 0.6 is 0 Å². The first-order valence-electron chi connectivity index (χ1n) is 8.59. The van der Waals surface area contributed by atoms with Crippen LogP contribution in [0.2, 0.25) is 0 Å². The lowest BCUT2D eigenvalue weighted by Crippen LogP contribution is -2.46. The normalized spacial score (nSPS) is 17.4. The van der Waals surface area contributed by atoms with Gasteiger partial charge in [0.15, 0.2) is 5.69 Å². The minimum atomic E-state index is -0.0373. The number of likely N-dealkylation sites (N-methyl/N-ethyl adjacent to an activating group) is 2. The van der Waals surface area contributed by atoms with E-state index >= 15 is 0 Å². The van der Waals surface area contributed by atoms with Crippen LogP contribution in [0.4, 0.5) is 0 Å². The van der Waals surface area contributed by atoms with E-state index in [-0.39, 0.29) is 5.91 Å². The Bertz CT molecular complexity index is 917. The Morgan fingerprint density at radius 2 is 1.92 bits per heavy atom. The molecule has 3 aromatic rings. The molecule has 0 saturated carbocycles. The molecular formula is C20H22N4O. The van der Waals surface area contributed by atoms with Crippen LogP contribution in [0, 0.1) is 0 Å². The summed E-state index contributed by atoms with van der Waals surface area (Å²) in [5.41, 5.74) is 4.16. The molecule has 0 saturated heterocycles. The van der Waals surface area contributed by atoms with E-state index in [2.05, 4.69) is 46.4 Å². The number of amides is 1. The summed E-state index contributed by atoms with van der Waals surface area (Å²) in [4.78, 5) is 17.0. The van der Waals surface area contributed by atoms with Crippen LogP contribution in [0.1, 0.15) is 21.6 Å². The first-order valence-corrected chi connectivity index (χ1v) is 8.59. The minimum absolute atomic E-state index is 0.0373. The monoisotopic (exact) mass is 334 g/mol. The zero-order chi connectivity index (χ0) is 17.4. The molecular weight excluding hydrogens is 312 g/mol. The molecule has 2 heterocycles. The Balaban J connectivity index is 1.52. The van der Waals surface area contributed by atoms with Crippen LogP contribution in [0.5, 0.6) is 0 Å². The maximum Gasteiger partial charge on any atom is 0.274 e. The summed E-state index contributed by atoms with van der Waals surface area (Å²) in [6.45, 7) is 1.61. The van der Waals surface area contributed by atoms with Gasteiger partial charge in [-0.15, -0.1) is 0 Å². The second-order valence-electron chi connectivity index (χ2n) is 6.85. The fourth-order valence-electron chi connectivity index (χ4n) is 3.63. The molecule has 1 atom stereocenters. The molecule has 5 nitrogen and oxygen atoms in total. The number of fused-ring (bicyclic) bond motifs is 2. The van der Waals surface area contributed by atoms with E-state index < -0.39 is 0 Å². The number of benzene rings is 2. The Hall–Kier alpha value is -2.66. The highest BCUT2D eigenvalue weighted by molar-refractivity contribution is 6.04. The molecule has 0 aliphatic carbocycles. The van der Waals surface area contributed by atoms with Crippen LogP contribution in [0.25, 0.3) is 10.9 Å². The predicted molar refractivity (Wildman–Crippen MR) is 98.5 cm³/mol. The van der Waals surface area contributed by atoms with Gasteiger partial charge in [0.1, 0.15) is 0 Å². The van der Waals surface area contributed by atoms with Gasteiger partial charge in [0.2, 0.25) is 0 Å². The quantitative estimate of drug-likeness (QED) is 0.801. The van der Waals surface area contributed by atoms with E-state index in [9.17, 15) is 4.79 Å². The van der Waals surface area contributed by atoms with E-state index in [0.29, 0.717) is 18.3 Å². The van der Waals surface area contributed by atoms with Crippen molar-refractivity contribution in [3.05, 3.63) is 65.4 Å². The van der Waals surface area contributed by atoms with E-state index in [0.717, 1.165) is 23.9 Å². The van der Waals surface area contributed by atoms with Gasteiger partial charge in [0, 0.05) is 31.6 Å². The van der Waals surface area contributed by atoms with Crippen molar-refractivity contribution < 1.29 is 4.79 Å². The summed E-state index contributed by atoms with van der Waals surface area (Å²) < 4.78 is 0. The molecule has 4 rings (SSSR count). The molecule has 1 aliphatic rings. The summed E-state index contributed by atoms with van der Waals surface area (Å²) in [5, 5.41) is 8.05. The summed E-state index contributed by atoms with van der Waals surface area (Å²) >= 11 is 0. The first kappa shape index (κ1) is 15.8. The maximum atomic E-state index is 12.9. The minimum Gasteiger partial charge on any atom is -0.339 e. The fourth-order valence-corrected chi connectivity index (χ4v) is 3.63. The number of H-pyrrole nitrogens is 1. The SMILES string of the molecule is CN(C[C@H]1Cc2ccccc2CN1C)C(=O)c1n[nH]c2ccccc12. The van der Waals surface area contributed by atoms with Crippen molar-refractivity contribution in [3.8, 4) is 0 Å². The molecule has 2 aromatic carbocycles. The van der Waals surface area contributed by atoms with Gasteiger partial charge in [0.05, 0.1) is 5.52 Å². The van der Waals surface area contributed by atoms with Gasteiger partial charge in [0.25, 0.3) is 5.91 Å². The zero-order valence-electron chi connectivity index (χ0n) is 14.6. The molecule has 1 amide bonds. The van der Waals surface area contributed by atoms with E-state index in [1.165, 1.54) is 11.1 Å². The van der Waals surface area contributed by atoms with Crippen molar-refractivity contribution in [3.63, 3.8) is 0 Å². The van der Waals surface area contributed by atoms with Gasteiger partial charge in [-0.1, -0.05) is 42.5 Å². The molecule has 0 unspecified atom stereocenters. The number of aromatic nitrogens is 2. The second-order valence-corrected chi connectivity index (χ2v) is 6.85. The number of nitrogens with zero attached hydrogens (tertiary/aromatic N) is 3. The van der Waals surface area contributed by atoms with Gasteiger partial charge >= 0.3 is 0 Å². The van der Waals surface area contributed by atoms with Gasteiger partial charge in [-0.05, 0) is 30.7 Å². The zero-order valence-corrected chi connectivity index (χ0v) is 14.6. The van der Waals surface area contributed by atoms with Crippen LogP contribution in [0.15, 0.2) is 48.5 Å². The molecule has 5 heteroatoms. The molecule has 1 aliphatic heterocycles. The van der Waals surface area contributed by atoms with Crippen molar-refractivity contribution in [2.45, 2.75) is 19.0 Å². The Morgan fingerprint density at radius 3 is 2.76 bits per heavy atom. The average Bonchev–Trinajstić information content (AvgIpc) is 3.05. The lowest BCUT2D eigenvalue weighted by molar-refractivity contribution is 0.0729. The van der Waals surface area contributed by atoms with E-state index in [1.807, 2.05) is 31.3 Å². The lowest BCUT2D eigenvalue weighted by Gasteiger charge is -2.36. The van der Waals surface area contributed by atoms with Gasteiger partial charge in [-0.3, -0.25) is 14.8 Å². The molecule has 1 N–H and O–H groups in total. The molecule has 0 radical (unpaired) electrons. The third kappa shape index (κ3) is 2.91. The molecule has 25 heavy (non-hydrogen) atoms. The standard InChI is InChI=1S/C20H22N4O/c1-23-12-15-8-4-3-7-14(15)11-16(23)13-24(2)20(25)19-17-9-5-6-10-18(17)21-22-19/h3-10,16H,11-13H2,1-2H3,(H,21,22)/t16-/m1/s1. The van der Waals surface area contributed by atoms with Crippen molar-refractivity contribution in [2.24, 2.45) is 0 Å². The summed E-state index contributed by atoms with van der Waals surface area (Å²) in [6.07, 6.45) is 0.964. The Labute approximate surface area is 147 Å². The van der Waals surface area contributed by atoms with Crippen LogP contribution < -0.4 is 0 Å². The van der Waals surface area contributed by atoms with Gasteiger partial charge < -0.3 is 4.90 Å². The number of carbonyl (C=O) groups is 1. The molecule has 128 valence electrons. The van der Waals surface area contributed by atoms with Crippen molar-refractivity contribution in [1.82, 2.24) is 20.0 Å².